The number of ether oxygens (including phenoxy) is 1. The van der Waals surface area contributed by atoms with Crippen LogP contribution in [-0.4, -0.2) is 33.7 Å². The summed E-state index contributed by atoms with van der Waals surface area (Å²) in [5.74, 6) is -0.458. The van der Waals surface area contributed by atoms with Crippen LogP contribution in [0, 0.1) is 5.82 Å². The zero-order valence-electron chi connectivity index (χ0n) is 19.0. The van der Waals surface area contributed by atoms with Gasteiger partial charge in [-0.3, -0.25) is 14.5 Å². The maximum Gasteiger partial charge on any atom is 0.244 e. The molecule has 2 aromatic heterocycles. The molecule has 178 valence electrons. The molecule has 10 heteroatoms. The highest BCUT2D eigenvalue weighted by molar-refractivity contribution is 7.14. The number of aromatic nitrogens is 3. The molecule has 0 bridgehead atoms. The van der Waals surface area contributed by atoms with Gasteiger partial charge in [0.1, 0.15) is 11.6 Å². The molecule has 0 saturated heterocycles. The van der Waals surface area contributed by atoms with E-state index in [1.165, 1.54) is 47.4 Å². The average molecular weight is 492 g/mol. The molecule has 0 aliphatic heterocycles. The number of methoxy groups -OCH3 is 1. The fourth-order valence-electron chi connectivity index (χ4n) is 3.23. The van der Waals surface area contributed by atoms with Crippen LogP contribution in [0.25, 0.3) is 11.8 Å². The zero-order chi connectivity index (χ0) is 24.8. The fraction of sp³-hybridized carbons (Fsp3) is 0.120. The highest BCUT2D eigenvalue weighted by atomic mass is 32.1. The van der Waals surface area contributed by atoms with Crippen LogP contribution in [0.15, 0.2) is 72.3 Å². The van der Waals surface area contributed by atoms with Crippen LogP contribution in [0.1, 0.15) is 18.3 Å². The molecule has 2 heterocycles. The van der Waals surface area contributed by atoms with Crippen LogP contribution in [0.3, 0.4) is 0 Å². The van der Waals surface area contributed by atoms with Gasteiger partial charge in [-0.2, -0.15) is 5.10 Å². The molecule has 0 aliphatic carbocycles. The Kier molecular flexibility index (Phi) is 7.32. The molecule has 1 N–H and O–H groups in total. The Labute approximate surface area is 205 Å². The SMILES string of the molecule is COc1ccc(-n2ccc(CNC(=O)/C=C/c3csc(N(C(C)=O)c4ccccc4F)n3)n2)cc1. The summed E-state index contributed by atoms with van der Waals surface area (Å²) in [7, 11) is 1.61. The number of carbonyl (C=O) groups excluding carboxylic acids is 2. The molecule has 35 heavy (non-hydrogen) atoms. The summed E-state index contributed by atoms with van der Waals surface area (Å²) in [5.41, 5.74) is 2.17. The molecule has 0 fully saturated rings. The molecule has 4 rings (SSSR count). The van der Waals surface area contributed by atoms with Crippen molar-refractivity contribution < 1.29 is 18.7 Å². The predicted molar refractivity (Wildman–Crippen MR) is 132 cm³/mol. The predicted octanol–water partition coefficient (Wildman–Crippen LogP) is 4.49. The topological polar surface area (TPSA) is 89.4 Å². The number of benzene rings is 2. The van der Waals surface area contributed by atoms with E-state index in [9.17, 15) is 14.0 Å². The van der Waals surface area contributed by atoms with Gasteiger partial charge in [-0.15, -0.1) is 11.3 Å². The summed E-state index contributed by atoms with van der Waals surface area (Å²) in [4.78, 5) is 30.0. The lowest BCUT2D eigenvalue weighted by atomic mass is 10.3. The van der Waals surface area contributed by atoms with Gasteiger partial charge in [0.2, 0.25) is 11.8 Å². The Bertz CT molecular complexity index is 1360. The van der Waals surface area contributed by atoms with E-state index < -0.39 is 5.82 Å². The number of hydrogen-bond donors (Lipinski definition) is 1. The van der Waals surface area contributed by atoms with E-state index in [1.807, 2.05) is 36.5 Å². The molecule has 0 atom stereocenters. The van der Waals surface area contributed by atoms with E-state index in [1.54, 1.807) is 29.3 Å². The third-order valence-corrected chi connectivity index (χ3v) is 5.78. The molecule has 0 saturated carbocycles. The van der Waals surface area contributed by atoms with E-state index in [0.29, 0.717) is 16.5 Å². The lowest BCUT2D eigenvalue weighted by Crippen LogP contribution is -2.23. The molecule has 0 radical (unpaired) electrons. The summed E-state index contributed by atoms with van der Waals surface area (Å²) in [6.07, 6.45) is 4.69. The number of halogens is 1. The van der Waals surface area contributed by atoms with Crippen molar-refractivity contribution in [2.24, 2.45) is 0 Å². The standard InChI is InChI=1S/C25H22FN5O3S/c1-17(32)31(23-6-4-3-5-22(23)26)25-28-19(16-35-25)7-12-24(33)27-15-18-13-14-30(29-18)20-8-10-21(34-2)11-9-20/h3-14,16H,15H2,1-2H3,(H,27,33)/b12-7+. The van der Waals surface area contributed by atoms with Crippen molar-refractivity contribution in [3.8, 4) is 11.4 Å². The van der Waals surface area contributed by atoms with Gasteiger partial charge in [-0.25, -0.2) is 14.1 Å². The second-order valence-electron chi connectivity index (χ2n) is 7.36. The van der Waals surface area contributed by atoms with Crippen LogP contribution in [-0.2, 0) is 16.1 Å². The van der Waals surface area contributed by atoms with E-state index in [2.05, 4.69) is 15.4 Å². The Hall–Kier alpha value is -4.31. The minimum Gasteiger partial charge on any atom is -0.497 e. The second-order valence-corrected chi connectivity index (χ2v) is 8.20. The maximum absolute atomic E-state index is 14.2. The smallest absolute Gasteiger partial charge is 0.244 e. The van der Waals surface area contributed by atoms with E-state index >= 15 is 0 Å². The average Bonchev–Trinajstić information content (AvgIpc) is 3.53. The minimum atomic E-state index is -0.524. The summed E-state index contributed by atoms with van der Waals surface area (Å²) in [5, 5.41) is 9.23. The Morgan fingerprint density at radius 2 is 1.94 bits per heavy atom. The molecule has 0 spiro atoms. The van der Waals surface area contributed by atoms with Gasteiger partial charge in [0.25, 0.3) is 0 Å². The number of amides is 2. The monoisotopic (exact) mass is 491 g/mol. The van der Waals surface area contributed by atoms with Crippen LogP contribution in [0.2, 0.25) is 0 Å². The second kappa shape index (κ2) is 10.7. The first-order valence-corrected chi connectivity index (χ1v) is 11.5. The number of nitrogens with zero attached hydrogens (tertiary/aromatic N) is 4. The summed E-state index contributed by atoms with van der Waals surface area (Å²) in [6, 6.07) is 15.3. The minimum absolute atomic E-state index is 0.122. The van der Waals surface area contributed by atoms with Crippen molar-refractivity contribution in [1.82, 2.24) is 20.1 Å². The Balaban J connectivity index is 1.36. The van der Waals surface area contributed by atoms with Crippen molar-refractivity contribution >= 4 is 40.0 Å². The highest BCUT2D eigenvalue weighted by Crippen LogP contribution is 2.31. The van der Waals surface area contributed by atoms with Crippen molar-refractivity contribution in [2.45, 2.75) is 13.5 Å². The van der Waals surface area contributed by atoms with Gasteiger partial charge in [-0.1, -0.05) is 12.1 Å². The molecule has 2 aromatic carbocycles. The summed E-state index contributed by atoms with van der Waals surface area (Å²) >= 11 is 1.18. The van der Waals surface area contributed by atoms with Crippen molar-refractivity contribution in [3.05, 3.63) is 89.5 Å². The van der Waals surface area contributed by atoms with Gasteiger partial charge < -0.3 is 10.1 Å². The maximum atomic E-state index is 14.2. The quantitative estimate of drug-likeness (QED) is 0.367. The number of thiazole rings is 1. The summed E-state index contributed by atoms with van der Waals surface area (Å²) in [6.45, 7) is 1.59. The summed E-state index contributed by atoms with van der Waals surface area (Å²) < 4.78 is 21.1. The first-order valence-electron chi connectivity index (χ1n) is 10.6. The lowest BCUT2D eigenvalue weighted by Gasteiger charge is -2.18. The van der Waals surface area contributed by atoms with E-state index in [-0.39, 0.29) is 24.0 Å². The number of carbonyl (C=O) groups is 2. The van der Waals surface area contributed by atoms with Crippen LogP contribution in [0.5, 0.6) is 5.75 Å². The van der Waals surface area contributed by atoms with Crippen molar-refractivity contribution in [1.29, 1.82) is 0 Å². The van der Waals surface area contributed by atoms with Gasteiger partial charge in [0.05, 0.1) is 36.4 Å². The molecule has 0 unspecified atom stereocenters. The molecular weight excluding hydrogens is 469 g/mol. The number of rotatable bonds is 8. The normalized spacial score (nSPS) is 10.9. The van der Waals surface area contributed by atoms with Gasteiger partial charge in [-0.05, 0) is 48.5 Å². The first kappa shape index (κ1) is 23.8. The number of hydrogen-bond acceptors (Lipinski definition) is 6. The van der Waals surface area contributed by atoms with Gasteiger partial charge in [0.15, 0.2) is 5.13 Å². The number of nitrogens with one attached hydrogen (secondary N) is 1. The van der Waals surface area contributed by atoms with Crippen LogP contribution < -0.4 is 15.0 Å². The first-order chi connectivity index (χ1) is 16.9. The molecule has 4 aromatic rings. The third kappa shape index (κ3) is 5.79. The third-order valence-electron chi connectivity index (χ3n) is 4.94. The Morgan fingerprint density at radius 3 is 2.66 bits per heavy atom. The molecular formula is C25H22FN5O3S. The van der Waals surface area contributed by atoms with E-state index in [0.717, 1.165) is 11.4 Å². The van der Waals surface area contributed by atoms with E-state index in [4.69, 9.17) is 4.74 Å². The molecule has 8 nitrogen and oxygen atoms in total. The highest BCUT2D eigenvalue weighted by Gasteiger charge is 2.20. The van der Waals surface area contributed by atoms with Crippen molar-refractivity contribution in [3.63, 3.8) is 0 Å². The van der Waals surface area contributed by atoms with Gasteiger partial charge in [0, 0.05) is 24.6 Å². The van der Waals surface area contributed by atoms with Crippen molar-refractivity contribution in [2.75, 3.05) is 12.0 Å². The van der Waals surface area contributed by atoms with Gasteiger partial charge >= 0.3 is 0 Å². The molecule has 2 amide bonds. The largest absolute Gasteiger partial charge is 0.497 e. The fourth-order valence-corrected chi connectivity index (χ4v) is 4.08. The molecule has 0 aliphatic rings. The number of para-hydroxylation sites is 1. The lowest BCUT2D eigenvalue weighted by molar-refractivity contribution is -0.117. The van der Waals surface area contributed by atoms with Crippen LogP contribution >= 0.6 is 11.3 Å². The number of anilines is 2. The van der Waals surface area contributed by atoms with Crippen LogP contribution in [0.4, 0.5) is 15.2 Å². The zero-order valence-corrected chi connectivity index (χ0v) is 19.8. The Morgan fingerprint density at radius 1 is 1.17 bits per heavy atom.